The fraction of sp³-hybridized carbons (Fsp3) is 0.545. The standard InChI is InChI=1S/C9H15N3O2.C2H6/c1-5-7-11-8(10-6-2)12(3)9(13)14-4;1-2/h5-7H,1-4H3;1-2H3/b7-5-,10-6-,11-8+;. The maximum atomic E-state index is 11.1. The summed E-state index contributed by atoms with van der Waals surface area (Å²) in [6, 6.07) is 0. The molecule has 0 bridgehead atoms. The first kappa shape index (κ1) is 16.8. The van der Waals surface area contributed by atoms with Crippen LogP contribution in [0.2, 0.25) is 0 Å². The van der Waals surface area contributed by atoms with E-state index in [-0.39, 0.29) is 5.96 Å². The zero-order valence-electron chi connectivity index (χ0n) is 10.9. The van der Waals surface area contributed by atoms with Crippen LogP contribution in [-0.2, 0) is 4.74 Å². The fourth-order valence-corrected chi connectivity index (χ4v) is 0.682. The van der Waals surface area contributed by atoms with Gasteiger partial charge in [-0.25, -0.2) is 19.7 Å². The summed E-state index contributed by atoms with van der Waals surface area (Å²) >= 11 is 0. The van der Waals surface area contributed by atoms with E-state index in [9.17, 15) is 4.79 Å². The van der Waals surface area contributed by atoms with Gasteiger partial charge in [-0.1, -0.05) is 19.9 Å². The minimum absolute atomic E-state index is 0.289. The molecule has 0 spiro atoms. The van der Waals surface area contributed by atoms with E-state index in [1.54, 1.807) is 32.5 Å². The molecule has 0 fully saturated rings. The summed E-state index contributed by atoms with van der Waals surface area (Å²) in [5.41, 5.74) is 0. The van der Waals surface area contributed by atoms with Gasteiger partial charge in [0, 0.05) is 19.5 Å². The number of methoxy groups -OCH3 is 1. The summed E-state index contributed by atoms with van der Waals surface area (Å²) < 4.78 is 4.53. The van der Waals surface area contributed by atoms with Crippen molar-refractivity contribution in [2.24, 2.45) is 9.98 Å². The van der Waals surface area contributed by atoms with Crippen molar-refractivity contribution in [2.45, 2.75) is 27.7 Å². The van der Waals surface area contributed by atoms with Crippen LogP contribution in [0.4, 0.5) is 4.79 Å². The van der Waals surface area contributed by atoms with Crippen LogP contribution in [0.15, 0.2) is 22.3 Å². The highest BCUT2D eigenvalue weighted by molar-refractivity contribution is 5.97. The number of carbonyl (C=O) groups excluding carboxylic acids is 1. The molecule has 0 N–H and O–H groups in total. The Hall–Kier alpha value is -1.65. The molecule has 16 heavy (non-hydrogen) atoms. The van der Waals surface area contributed by atoms with Crippen LogP contribution in [0, 0.1) is 0 Å². The molecule has 0 aromatic rings. The van der Waals surface area contributed by atoms with Crippen LogP contribution in [0.1, 0.15) is 27.7 Å². The maximum absolute atomic E-state index is 11.1. The Kier molecular flexibility index (Phi) is 12.0. The third kappa shape index (κ3) is 6.75. The fourth-order valence-electron chi connectivity index (χ4n) is 0.682. The lowest BCUT2D eigenvalue weighted by atomic mass is 10.7. The quantitative estimate of drug-likeness (QED) is 0.511. The Balaban J connectivity index is 0. The molecule has 0 heterocycles. The van der Waals surface area contributed by atoms with E-state index >= 15 is 0 Å². The van der Waals surface area contributed by atoms with Gasteiger partial charge in [0.05, 0.1) is 7.11 Å². The normalized spacial score (nSPS) is 11.2. The SMILES string of the molecule is CC.C\C=C/N=C(\N=C/C)N(C)C(=O)OC. The average molecular weight is 227 g/mol. The Labute approximate surface area is 97.5 Å². The number of rotatable bonds is 1. The van der Waals surface area contributed by atoms with Gasteiger partial charge in [0.15, 0.2) is 0 Å². The highest BCUT2D eigenvalue weighted by Gasteiger charge is 2.12. The molecule has 0 aliphatic carbocycles. The molecule has 0 radical (unpaired) electrons. The van der Waals surface area contributed by atoms with Gasteiger partial charge in [0.25, 0.3) is 0 Å². The summed E-state index contributed by atoms with van der Waals surface area (Å²) in [4.78, 5) is 20.2. The second kappa shape index (κ2) is 11.4. The molecule has 5 heteroatoms. The van der Waals surface area contributed by atoms with Crippen LogP contribution >= 0.6 is 0 Å². The number of carbonyl (C=O) groups is 1. The van der Waals surface area contributed by atoms with Crippen molar-refractivity contribution in [1.29, 1.82) is 0 Å². The molecule has 0 rings (SSSR count). The van der Waals surface area contributed by atoms with Gasteiger partial charge >= 0.3 is 6.09 Å². The highest BCUT2D eigenvalue weighted by atomic mass is 16.5. The van der Waals surface area contributed by atoms with E-state index in [1.165, 1.54) is 12.0 Å². The average Bonchev–Trinajstić information content (AvgIpc) is 2.35. The van der Waals surface area contributed by atoms with E-state index in [0.29, 0.717) is 0 Å². The van der Waals surface area contributed by atoms with Crippen molar-refractivity contribution in [1.82, 2.24) is 4.90 Å². The van der Waals surface area contributed by atoms with Crippen LogP contribution in [0.3, 0.4) is 0 Å². The number of aliphatic imine (C=N–C) groups is 2. The first-order valence-electron chi connectivity index (χ1n) is 5.16. The molecule has 0 atom stereocenters. The molecule has 0 aromatic heterocycles. The molecular formula is C11H21N3O2. The van der Waals surface area contributed by atoms with Gasteiger partial charge in [0.1, 0.15) is 0 Å². The van der Waals surface area contributed by atoms with Crippen molar-refractivity contribution < 1.29 is 9.53 Å². The largest absolute Gasteiger partial charge is 0.452 e. The maximum Gasteiger partial charge on any atom is 0.416 e. The number of nitrogens with zero attached hydrogens (tertiary/aromatic N) is 3. The number of hydrogen-bond acceptors (Lipinski definition) is 3. The molecule has 0 aromatic carbocycles. The Morgan fingerprint density at radius 1 is 1.31 bits per heavy atom. The Morgan fingerprint density at radius 2 is 1.88 bits per heavy atom. The lowest BCUT2D eigenvalue weighted by molar-refractivity contribution is 0.152. The van der Waals surface area contributed by atoms with Crippen LogP contribution in [0.25, 0.3) is 0 Å². The first-order chi connectivity index (χ1) is 7.67. The Bertz CT molecular complexity index is 270. The molecular weight excluding hydrogens is 206 g/mol. The molecule has 1 amide bonds. The summed E-state index contributed by atoms with van der Waals surface area (Å²) in [7, 11) is 2.85. The summed E-state index contributed by atoms with van der Waals surface area (Å²) in [5, 5.41) is 0. The number of ether oxygens (including phenoxy) is 1. The zero-order chi connectivity index (χ0) is 13.0. The lowest BCUT2D eigenvalue weighted by Gasteiger charge is -2.13. The summed E-state index contributed by atoms with van der Waals surface area (Å²) in [5.74, 6) is 0.289. The monoisotopic (exact) mass is 227 g/mol. The van der Waals surface area contributed by atoms with Crippen LogP contribution in [0.5, 0.6) is 0 Å². The number of hydrogen-bond donors (Lipinski definition) is 0. The second-order valence-electron chi connectivity index (χ2n) is 2.33. The van der Waals surface area contributed by atoms with E-state index < -0.39 is 6.09 Å². The van der Waals surface area contributed by atoms with Gasteiger partial charge in [-0.05, 0) is 13.8 Å². The molecule has 0 saturated carbocycles. The van der Waals surface area contributed by atoms with Gasteiger partial charge in [-0.3, -0.25) is 0 Å². The van der Waals surface area contributed by atoms with Crippen molar-refractivity contribution >= 4 is 18.3 Å². The molecule has 92 valence electrons. The van der Waals surface area contributed by atoms with E-state index in [2.05, 4.69) is 14.7 Å². The number of allylic oxidation sites excluding steroid dienone is 1. The first-order valence-corrected chi connectivity index (χ1v) is 5.16. The van der Waals surface area contributed by atoms with E-state index in [0.717, 1.165) is 0 Å². The Morgan fingerprint density at radius 3 is 2.25 bits per heavy atom. The minimum Gasteiger partial charge on any atom is -0.452 e. The molecule has 0 aliphatic rings. The topological polar surface area (TPSA) is 54.3 Å². The molecule has 0 aliphatic heterocycles. The smallest absolute Gasteiger partial charge is 0.416 e. The van der Waals surface area contributed by atoms with Gasteiger partial charge in [-0.15, -0.1) is 0 Å². The van der Waals surface area contributed by atoms with E-state index in [1.807, 2.05) is 20.8 Å². The van der Waals surface area contributed by atoms with Crippen molar-refractivity contribution in [3.63, 3.8) is 0 Å². The van der Waals surface area contributed by atoms with Crippen LogP contribution < -0.4 is 0 Å². The van der Waals surface area contributed by atoms with Crippen molar-refractivity contribution in [3.8, 4) is 0 Å². The van der Waals surface area contributed by atoms with Gasteiger partial charge in [-0.2, -0.15) is 0 Å². The van der Waals surface area contributed by atoms with Crippen molar-refractivity contribution in [2.75, 3.05) is 14.2 Å². The highest BCUT2D eigenvalue weighted by Crippen LogP contribution is 1.94. The van der Waals surface area contributed by atoms with Gasteiger partial charge in [0.2, 0.25) is 5.96 Å². The minimum atomic E-state index is -0.501. The van der Waals surface area contributed by atoms with E-state index in [4.69, 9.17) is 0 Å². The third-order valence-electron chi connectivity index (χ3n) is 1.33. The summed E-state index contributed by atoms with van der Waals surface area (Å²) in [6.07, 6.45) is 4.36. The number of amides is 1. The van der Waals surface area contributed by atoms with Gasteiger partial charge < -0.3 is 4.74 Å². The van der Waals surface area contributed by atoms with Crippen LogP contribution in [-0.4, -0.2) is 37.3 Å². The molecule has 0 saturated heterocycles. The molecule has 5 nitrogen and oxygen atoms in total. The molecule has 0 unspecified atom stereocenters. The predicted octanol–water partition coefficient (Wildman–Crippen LogP) is 2.69. The second-order valence-corrected chi connectivity index (χ2v) is 2.33. The summed E-state index contributed by atoms with van der Waals surface area (Å²) in [6.45, 7) is 7.57. The number of guanidine groups is 1. The lowest BCUT2D eigenvalue weighted by Crippen LogP contribution is -2.31. The third-order valence-corrected chi connectivity index (χ3v) is 1.33. The van der Waals surface area contributed by atoms with Crippen molar-refractivity contribution in [3.05, 3.63) is 12.3 Å². The predicted molar refractivity (Wildman–Crippen MR) is 67.9 cm³/mol. The zero-order valence-corrected chi connectivity index (χ0v) is 10.9.